The second-order valence-electron chi connectivity index (χ2n) is 6.02. The Morgan fingerprint density at radius 2 is 1.85 bits per heavy atom. The molecule has 4 nitrogen and oxygen atoms in total. The predicted molar refractivity (Wildman–Crippen MR) is 85.3 cm³/mol. The summed E-state index contributed by atoms with van der Waals surface area (Å²) in [6.07, 6.45) is 0. The van der Waals surface area contributed by atoms with Gasteiger partial charge >= 0.3 is 0 Å². The van der Waals surface area contributed by atoms with E-state index < -0.39 is 46.9 Å². The number of benzene rings is 2. The van der Waals surface area contributed by atoms with Gasteiger partial charge in [-0.3, -0.25) is 9.59 Å². The molecule has 3 rings (SSSR count). The van der Waals surface area contributed by atoms with Crippen LogP contribution in [0.4, 0.5) is 23.2 Å². The minimum absolute atomic E-state index is 0.0157. The van der Waals surface area contributed by atoms with E-state index in [0.29, 0.717) is 6.07 Å². The molecule has 1 fully saturated rings. The zero-order valence-corrected chi connectivity index (χ0v) is 13.6. The largest absolute Gasteiger partial charge is 0.355 e. The Kier molecular flexibility index (Phi) is 4.67. The van der Waals surface area contributed by atoms with Crippen molar-refractivity contribution in [2.45, 2.75) is 12.8 Å². The maximum Gasteiger partial charge on any atom is 0.237 e. The first-order valence-electron chi connectivity index (χ1n) is 7.77. The van der Waals surface area contributed by atoms with Crippen LogP contribution < -0.4 is 10.6 Å². The van der Waals surface area contributed by atoms with Crippen molar-refractivity contribution >= 4 is 17.5 Å². The molecule has 1 aliphatic heterocycles. The number of rotatable bonds is 3. The number of amides is 2. The van der Waals surface area contributed by atoms with Crippen LogP contribution in [0.1, 0.15) is 17.0 Å². The molecule has 0 saturated carbocycles. The van der Waals surface area contributed by atoms with Crippen LogP contribution in [0.2, 0.25) is 0 Å². The zero-order valence-electron chi connectivity index (χ0n) is 13.6. The van der Waals surface area contributed by atoms with Gasteiger partial charge in [0.2, 0.25) is 11.8 Å². The lowest BCUT2D eigenvalue weighted by molar-refractivity contribution is -0.130. The molecular weight excluding hydrogens is 352 g/mol. The molecule has 1 saturated heterocycles. The second kappa shape index (κ2) is 6.78. The van der Waals surface area contributed by atoms with Crippen LogP contribution in [0.5, 0.6) is 0 Å². The van der Waals surface area contributed by atoms with Crippen molar-refractivity contribution in [2.75, 3.05) is 11.9 Å². The van der Waals surface area contributed by atoms with Gasteiger partial charge in [0.15, 0.2) is 0 Å². The van der Waals surface area contributed by atoms with E-state index in [4.69, 9.17) is 0 Å². The third-order valence-corrected chi connectivity index (χ3v) is 4.40. The van der Waals surface area contributed by atoms with Crippen molar-refractivity contribution in [1.82, 2.24) is 5.32 Å². The molecule has 2 aromatic carbocycles. The lowest BCUT2D eigenvalue weighted by atomic mass is 9.86. The van der Waals surface area contributed by atoms with Gasteiger partial charge in [0.25, 0.3) is 0 Å². The molecule has 2 atom stereocenters. The van der Waals surface area contributed by atoms with Gasteiger partial charge in [0, 0.05) is 24.1 Å². The van der Waals surface area contributed by atoms with Crippen LogP contribution in [-0.4, -0.2) is 18.4 Å². The van der Waals surface area contributed by atoms with E-state index in [9.17, 15) is 27.2 Å². The number of hydrogen-bond acceptors (Lipinski definition) is 2. The van der Waals surface area contributed by atoms with Crippen LogP contribution in [0.3, 0.4) is 0 Å². The Hall–Kier alpha value is -2.90. The summed E-state index contributed by atoms with van der Waals surface area (Å²) in [6, 6.07) is 4.80. The average Bonchev–Trinajstić information content (AvgIpc) is 2.97. The standard InChI is InChI=1S/C18H14F4N2O2/c1-8-12(20)4-3-10(16(8)22)11-7-23-17(25)15(11)18(26)24-14-5-2-9(19)6-13(14)21/h2-6,11,15H,7H2,1H3,(H,23,25)(H,24,26)/t11-,15-/m1/s1. The lowest BCUT2D eigenvalue weighted by Crippen LogP contribution is -2.32. The SMILES string of the molecule is Cc1c(F)ccc([C@H]2CNC(=O)[C@@H]2C(=O)Nc2ccc(F)cc2F)c1F. The Balaban J connectivity index is 1.90. The molecule has 0 spiro atoms. The summed E-state index contributed by atoms with van der Waals surface area (Å²) < 4.78 is 54.5. The van der Waals surface area contributed by atoms with E-state index in [0.717, 1.165) is 18.2 Å². The number of carbonyl (C=O) groups excluding carboxylic acids is 2. The first-order valence-corrected chi connectivity index (χ1v) is 7.77. The van der Waals surface area contributed by atoms with Crippen molar-refractivity contribution in [2.24, 2.45) is 5.92 Å². The topological polar surface area (TPSA) is 58.2 Å². The maximum absolute atomic E-state index is 14.4. The summed E-state index contributed by atoms with van der Waals surface area (Å²) >= 11 is 0. The van der Waals surface area contributed by atoms with Gasteiger partial charge in [0.1, 0.15) is 29.2 Å². The summed E-state index contributed by atoms with van der Waals surface area (Å²) in [5.41, 5.74) is -0.502. The summed E-state index contributed by atoms with van der Waals surface area (Å²) in [5, 5.41) is 4.67. The monoisotopic (exact) mass is 366 g/mol. The fraction of sp³-hybridized carbons (Fsp3) is 0.222. The summed E-state index contributed by atoms with van der Waals surface area (Å²) in [6.45, 7) is 1.23. The van der Waals surface area contributed by atoms with Crippen molar-refractivity contribution < 1.29 is 27.2 Å². The smallest absolute Gasteiger partial charge is 0.237 e. The molecule has 0 unspecified atom stereocenters. The number of halogens is 4. The highest BCUT2D eigenvalue weighted by molar-refractivity contribution is 6.08. The van der Waals surface area contributed by atoms with Crippen LogP contribution in [-0.2, 0) is 9.59 Å². The molecule has 136 valence electrons. The van der Waals surface area contributed by atoms with Crippen LogP contribution in [0, 0.1) is 36.1 Å². The third-order valence-electron chi connectivity index (χ3n) is 4.40. The van der Waals surface area contributed by atoms with Gasteiger partial charge in [0.05, 0.1) is 5.69 Å². The minimum Gasteiger partial charge on any atom is -0.355 e. The highest BCUT2D eigenvalue weighted by Gasteiger charge is 2.42. The van der Waals surface area contributed by atoms with E-state index in [1.165, 1.54) is 13.0 Å². The molecular formula is C18H14F4N2O2. The highest BCUT2D eigenvalue weighted by atomic mass is 19.1. The Morgan fingerprint density at radius 3 is 2.54 bits per heavy atom. The Labute approximate surface area is 146 Å². The van der Waals surface area contributed by atoms with E-state index in [-0.39, 0.29) is 23.4 Å². The van der Waals surface area contributed by atoms with E-state index in [1.54, 1.807) is 0 Å². The number of hydrogen-bond donors (Lipinski definition) is 2. The van der Waals surface area contributed by atoms with Crippen LogP contribution in [0.15, 0.2) is 30.3 Å². The fourth-order valence-electron chi connectivity index (χ4n) is 2.98. The van der Waals surface area contributed by atoms with Gasteiger partial charge < -0.3 is 10.6 Å². The lowest BCUT2D eigenvalue weighted by Gasteiger charge is -2.18. The van der Waals surface area contributed by atoms with Crippen LogP contribution in [0.25, 0.3) is 0 Å². The molecule has 1 heterocycles. The van der Waals surface area contributed by atoms with Gasteiger partial charge in [-0.2, -0.15) is 0 Å². The van der Waals surface area contributed by atoms with Gasteiger partial charge in [-0.25, -0.2) is 17.6 Å². The van der Waals surface area contributed by atoms with E-state index >= 15 is 0 Å². The van der Waals surface area contributed by atoms with E-state index in [2.05, 4.69) is 10.6 Å². The highest BCUT2D eigenvalue weighted by Crippen LogP contribution is 2.33. The second-order valence-corrected chi connectivity index (χ2v) is 6.02. The van der Waals surface area contributed by atoms with Crippen LogP contribution >= 0.6 is 0 Å². The molecule has 26 heavy (non-hydrogen) atoms. The first-order chi connectivity index (χ1) is 12.3. The van der Waals surface area contributed by atoms with Gasteiger partial charge in [-0.1, -0.05) is 6.07 Å². The molecule has 2 amide bonds. The normalized spacial score (nSPS) is 19.3. The fourth-order valence-corrected chi connectivity index (χ4v) is 2.98. The summed E-state index contributed by atoms with van der Waals surface area (Å²) in [7, 11) is 0. The van der Waals surface area contributed by atoms with E-state index in [1.807, 2.05) is 0 Å². The third kappa shape index (κ3) is 3.14. The first kappa shape index (κ1) is 17.9. The summed E-state index contributed by atoms with van der Waals surface area (Å²) in [5.74, 6) is -7.13. The maximum atomic E-state index is 14.4. The Bertz CT molecular complexity index is 901. The molecule has 0 radical (unpaired) electrons. The number of carbonyl (C=O) groups is 2. The molecule has 2 aromatic rings. The Morgan fingerprint density at radius 1 is 1.12 bits per heavy atom. The van der Waals surface area contributed by atoms with Gasteiger partial charge in [-0.05, 0) is 30.7 Å². The zero-order chi connectivity index (χ0) is 19.0. The van der Waals surface area contributed by atoms with Crippen molar-refractivity contribution in [3.8, 4) is 0 Å². The minimum atomic E-state index is -1.33. The summed E-state index contributed by atoms with van der Waals surface area (Å²) in [4.78, 5) is 24.5. The quantitative estimate of drug-likeness (QED) is 0.648. The molecule has 0 bridgehead atoms. The molecule has 1 aliphatic rings. The van der Waals surface area contributed by atoms with Crippen molar-refractivity contribution in [3.63, 3.8) is 0 Å². The number of anilines is 1. The molecule has 0 aliphatic carbocycles. The predicted octanol–water partition coefficient (Wildman–Crippen LogP) is 3.02. The molecule has 8 heteroatoms. The van der Waals surface area contributed by atoms with Crippen molar-refractivity contribution in [1.29, 1.82) is 0 Å². The van der Waals surface area contributed by atoms with Crippen molar-refractivity contribution in [3.05, 3.63) is 64.7 Å². The number of nitrogens with one attached hydrogen (secondary N) is 2. The average molecular weight is 366 g/mol. The molecule has 0 aromatic heterocycles. The molecule has 2 N–H and O–H groups in total. The van der Waals surface area contributed by atoms with Gasteiger partial charge in [-0.15, -0.1) is 0 Å².